The molecule has 2 aromatic rings. The first-order valence-corrected chi connectivity index (χ1v) is 8.81. The largest absolute Gasteiger partial charge is 0.491 e. The number of benzene rings is 2. The monoisotopic (exact) mass is 355 g/mol. The number of hydrogen-bond acceptors (Lipinski definition) is 4. The van der Waals surface area contributed by atoms with Crippen LogP contribution >= 0.6 is 0 Å². The van der Waals surface area contributed by atoms with Crippen molar-refractivity contribution in [2.75, 3.05) is 13.2 Å². The number of carbonyl (C=O) groups is 1. The molecule has 0 spiro atoms. The molecule has 1 aliphatic heterocycles. The normalized spacial score (nSPS) is 14.0. The highest BCUT2D eigenvalue weighted by Gasteiger charge is 2.25. The number of amides is 1. The molecule has 0 saturated carbocycles. The first kappa shape index (κ1) is 18.1. The van der Waals surface area contributed by atoms with E-state index >= 15 is 0 Å². The quantitative estimate of drug-likeness (QED) is 0.819. The Morgan fingerprint density at radius 2 is 1.92 bits per heavy atom. The minimum Gasteiger partial charge on any atom is -0.491 e. The van der Waals surface area contributed by atoms with Gasteiger partial charge >= 0.3 is 6.09 Å². The van der Waals surface area contributed by atoms with Crippen molar-refractivity contribution in [1.82, 2.24) is 4.90 Å². The van der Waals surface area contributed by atoms with Gasteiger partial charge in [-0.15, -0.1) is 0 Å². The van der Waals surface area contributed by atoms with Crippen LogP contribution in [0.2, 0.25) is 0 Å². The summed E-state index contributed by atoms with van der Waals surface area (Å²) >= 11 is 0. The summed E-state index contributed by atoms with van der Waals surface area (Å²) in [5, 5.41) is 0. The summed E-state index contributed by atoms with van der Waals surface area (Å²) in [5.74, 6) is 1.50. The van der Waals surface area contributed by atoms with Crippen LogP contribution in [0.4, 0.5) is 4.79 Å². The molecule has 3 rings (SSSR count). The number of fused-ring (bicyclic) bond motifs is 1. The Labute approximate surface area is 154 Å². The Morgan fingerprint density at radius 3 is 2.65 bits per heavy atom. The highest BCUT2D eigenvalue weighted by molar-refractivity contribution is 5.68. The second kappa shape index (κ2) is 7.68. The second-order valence-corrected chi connectivity index (χ2v) is 7.29. The third-order valence-electron chi connectivity index (χ3n) is 3.92. The van der Waals surface area contributed by atoms with Crippen LogP contribution in [-0.2, 0) is 17.9 Å². The molecule has 1 amide bonds. The van der Waals surface area contributed by atoms with Gasteiger partial charge in [-0.2, -0.15) is 0 Å². The molecule has 2 aromatic carbocycles. The van der Waals surface area contributed by atoms with Crippen molar-refractivity contribution in [3.8, 4) is 11.5 Å². The summed E-state index contributed by atoms with van der Waals surface area (Å²) < 4.78 is 17.1. The zero-order valence-corrected chi connectivity index (χ0v) is 15.5. The van der Waals surface area contributed by atoms with Crippen molar-refractivity contribution in [2.45, 2.75) is 39.5 Å². The van der Waals surface area contributed by atoms with Gasteiger partial charge in [0.05, 0.1) is 13.1 Å². The SMILES string of the molecule is CC(C)(C)OC(=O)N1CCOc2cc(OCc3ccccc3)ccc2C1. The van der Waals surface area contributed by atoms with Crippen molar-refractivity contribution in [2.24, 2.45) is 0 Å². The standard InChI is InChI=1S/C21H25NO4/c1-21(2,3)26-20(23)22-11-12-24-19-13-18(10-9-17(19)14-22)25-15-16-7-5-4-6-8-16/h4-10,13H,11-12,14-15H2,1-3H3. The van der Waals surface area contributed by atoms with Crippen LogP contribution in [0, 0.1) is 0 Å². The molecule has 0 bridgehead atoms. The summed E-state index contributed by atoms with van der Waals surface area (Å²) in [6, 6.07) is 15.8. The van der Waals surface area contributed by atoms with Crippen LogP contribution in [0.1, 0.15) is 31.9 Å². The Kier molecular flexibility index (Phi) is 5.35. The molecule has 138 valence electrons. The maximum atomic E-state index is 12.3. The van der Waals surface area contributed by atoms with Gasteiger partial charge in [-0.3, -0.25) is 0 Å². The molecule has 0 aromatic heterocycles. The van der Waals surface area contributed by atoms with E-state index in [0.29, 0.717) is 26.3 Å². The third-order valence-corrected chi connectivity index (χ3v) is 3.92. The maximum Gasteiger partial charge on any atom is 0.410 e. The molecular formula is C21H25NO4. The maximum absolute atomic E-state index is 12.3. The molecule has 0 N–H and O–H groups in total. The molecular weight excluding hydrogens is 330 g/mol. The fourth-order valence-electron chi connectivity index (χ4n) is 2.66. The Hall–Kier alpha value is -2.69. The fraction of sp³-hybridized carbons (Fsp3) is 0.381. The zero-order chi connectivity index (χ0) is 18.6. The van der Waals surface area contributed by atoms with E-state index < -0.39 is 5.60 Å². The predicted octanol–water partition coefficient (Wildman–Crippen LogP) is 4.40. The molecule has 0 atom stereocenters. The van der Waals surface area contributed by atoms with Crippen molar-refractivity contribution in [1.29, 1.82) is 0 Å². The minimum atomic E-state index is -0.512. The number of ether oxygens (including phenoxy) is 3. The molecule has 0 aliphatic carbocycles. The topological polar surface area (TPSA) is 48.0 Å². The van der Waals surface area contributed by atoms with Crippen molar-refractivity contribution in [3.05, 3.63) is 59.7 Å². The second-order valence-electron chi connectivity index (χ2n) is 7.29. The van der Waals surface area contributed by atoms with Crippen LogP contribution in [0.3, 0.4) is 0 Å². The smallest absolute Gasteiger partial charge is 0.410 e. The van der Waals surface area contributed by atoms with Crippen molar-refractivity contribution < 1.29 is 19.0 Å². The van der Waals surface area contributed by atoms with E-state index in [0.717, 1.165) is 22.6 Å². The lowest BCUT2D eigenvalue weighted by atomic mass is 10.2. The van der Waals surface area contributed by atoms with Gasteiger partial charge in [-0.05, 0) is 38.5 Å². The third kappa shape index (κ3) is 4.91. The average molecular weight is 355 g/mol. The Morgan fingerprint density at radius 1 is 1.15 bits per heavy atom. The molecule has 0 fully saturated rings. The van der Waals surface area contributed by atoms with Crippen molar-refractivity contribution in [3.63, 3.8) is 0 Å². The van der Waals surface area contributed by atoms with E-state index in [1.54, 1.807) is 4.90 Å². The van der Waals surface area contributed by atoms with Gasteiger partial charge in [-0.25, -0.2) is 4.79 Å². The molecule has 5 heteroatoms. The number of hydrogen-bond donors (Lipinski definition) is 0. The summed E-state index contributed by atoms with van der Waals surface area (Å²) in [6.45, 7) is 7.47. The minimum absolute atomic E-state index is 0.321. The lowest BCUT2D eigenvalue weighted by Gasteiger charge is -2.26. The van der Waals surface area contributed by atoms with Crippen LogP contribution < -0.4 is 9.47 Å². The van der Waals surface area contributed by atoms with E-state index in [1.165, 1.54) is 0 Å². The van der Waals surface area contributed by atoms with Gasteiger partial charge in [0.15, 0.2) is 0 Å². The number of carbonyl (C=O) groups excluding carboxylic acids is 1. The van der Waals surface area contributed by atoms with Gasteiger partial charge in [-0.1, -0.05) is 30.3 Å². The number of nitrogens with zero attached hydrogens (tertiary/aromatic N) is 1. The lowest BCUT2D eigenvalue weighted by Crippen LogP contribution is -2.37. The van der Waals surface area contributed by atoms with E-state index in [2.05, 4.69) is 0 Å². The molecule has 1 aliphatic rings. The Balaban J connectivity index is 1.66. The highest BCUT2D eigenvalue weighted by Crippen LogP contribution is 2.29. The first-order chi connectivity index (χ1) is 12.4. The van der Waals surface area contributed by atoms with Crippen LogP contribution in [-0.4, -0.2) is 29.7 Å². The molecule has 26 heavy (non-hydrogen) atoms. The van der Waals surface area contributed by atoms with Crippen LogP contribution in [0.25, 0.3) is 0 Å². The van der Waals surface area contributed by atoms with Gasteiger partial charge in [0.25, 0.3) is 0 Å². The zero-order valence-electron chi connectivity index (χ0n) is 15.5. The molecule has 5 nitrogen and oxygen atoms in total. The van der Waals surface area contributed by atoms with Crippen LogP contribution in [0.15, 0.2) is 48.5 Å². The first-order valence-electron chi connectivity index (χ1n) is 8.81. The van der Waals surface area contributed by atoms with Gasteiger partial charge < -0.3 is 19.1 Å². The summed E-state index contributed by atoms with van der Waals surface area (Å²) in [5.41, 5.74) is 1.54. The predicted molar refractivity (Wildman–Crippen MR) is 99.4 cm³/mol. The summed E-state index contributed by atoms with van der Waals surface area (Å²) in [7, 11) is 0. The van der Waals surface area contributed by atoms with E-state index in [-0.39, 0.29) is 6.09 Å². The highest BCUT2D eigenvalue weighted by atomic mass is 16.6. The summed E-state index contributed by atoms with van der Waals surface area (Å²) in [4.78, 5) is 14.0. The van der Waals surface area contributed by atoms with Gasteiger partial charge in [0.2, 0.25) is 0 Å². The van der Waals surface area contributed by atoms with E-state index in [1.807, 2.05) is 69.3 Å². The van der Waals surface area contributed by atoms with Crippen LogP contribution in [0.5, 0.6) is 11.5 Å². The molecule has 0 unspecified atom stereocenters. The van der Waals surface area contributed by atoms with Gasteiger partial charge in [0.1, 0.15) is 30.3 Å². The molecule has 1 heterocycles. The average Bonchev–Trinajstić information content (AvgIpc) is 2.81. The number of rotatable bonds is 3. The Bertz CT molecular complexity index is 752. The van der Waals surface area contributed by atoms with Crippen molar-refractivity contribution >= 4 is 6.09 Å². The fourth-order valence-corrected chi connectivity index (χ4v) is 2.66. The summed E-state index contributed by atoms with van der Waals surface area (Å²) in [6.07, 6.45) is -0.321. The van der Waals surface area contributed by atoms with E-state index in [4.69, 9.17) is 14.2 Å². The molecule has 0 saturated heterocycles. The van der Waals surface area contributed by atoms with Gasteiger partial charge in [0, 0.05) is 11.6 Å². The van der Waals surface area contributed by atoms with E-state index in [9.17, 15) is 4.79 Å². The molecule has 0 radical (unpaired) electrons. The lowest BCUT2D eigenvalue weighted by molar-refractivity contribution is 0.0225.